The first-order valence-electron chi connectivity index (χ1n) is 6.15. The summed E-state index contributed by atoms with van der Waals surface area (Å²) in [5.74, 6) is -0.00714. The van der Waals surface area contributed by atoms with Gasteiger partial charge >= 0.3 is 0 Å². The third-order valence-corrected chi connectivity index (χ3v) is 4.71. The number of carbonyl (C=O) groups excluding carboxylic acids is 1. The van der Waals surface area contributed by atoms with Gasteiger partial charge in [0.15, 0.2) is 9.84 Å². The number of sulfone groups is 1. The Morgan fingerprint density at radius 2 is 2.05 bits per heavy atom. The molecule has 0 bridgehead atoms. The Kier molecular flexibility index (Phi) is 5.66. The van der Waals surface area contributed by atoms with Crippen molar-refractivity contribution >= 4 is 33.2 Å². The van der Waals surface area contributed by atoms with E-state index in [9.17, 15) is 18.3 Å². The van der Waals surface area contributed by atoms with E-state index in [4.69, 9.17) is 5.73 Å². The molecule has 1 unspecified atom stereocenters. The highest BCUT2D eigenvalue weighted by Crippen LogP contribution is 2.17. The summed E-state index contributed by atoms with van der Waals surface area (Å²) in [6.07, 6.45) is 2.90. The van der Waals surface area contributed by atoms with Crippen LogP contribution in [0.3, 0.4) is 0 Å². The van der Waals surface area contributed by atoms with Gasteiger partial charge in [0.1, 0.15) is 0 Å². The highest BCUT2D eigenvalue weighted by atomic mass is 32.2. The lowest BCUT2D eigenvalue weighted by Crippen LogP contribution is -2.42. The topological polar surface area (TPSA) is 109 Å². The molecule has 21 heavy (non-hydrogen) atoms. The summed E-state index contributed by atoms with van der Waals surface area (Å²) in [4.78, 5) is 12.0. The monoisotopic (exact) mass is 332 g/mol. The largest absolute Gasteiger partial charge is 0.399 e. The molecule has 0 saturated heterocycles. The number of anilines is 1. The average Bonchev–Trinajstić information content (AvgIpc) is 2.34. The molecule has 1 aromatic rings. The third-order valence-electron chi connectivity index (χ3n) is 2.70. The Balaban J connectivity index is 2.91. The maximum atomic E-state index is 12.0. The van der Waals surface area contributed by atoms with E-state index in [1.165, 1.54) is 30.0 Å². The van der Waals surface area contributed by atoms with E-state index >= 15 is 0 Å². The number of thioether (sulfide) groups is 1. The van der Waals surface area contributed by atoms with Gasteiger partial charge < -0.3 is 16.2 Å². The van der Waals surface area contributed by atoms with E-state index in [1.807, 2.05) is 6.26 Å². The molecule has 0 spiro atoms. The third kappa shape index (κ3) is 5.56. The molecule has 0 aliphatic rings. The Morgan fingerprint density at radius 1 is 1.43 bits per heavy atom. The molecule has 1 rings (SSSR count). The molecule has 1 atom stereocenters. The van der Waals surface area contributed by atoms with Gasteiger partial charge in [-0.3, -0.25) is 4.79 Å². The predicted octanol–water partition coefficient (Wildman–Crippen LogP) is 0.516. The summed E-state index contributed by atoms with van der Waals surface area (Å²) in [5, 5.41) is 12.6. The fourth-order valence-electron chi connectivity index (χ4n) is 1.70. The van der Waals surface area contributed by atoms with Crippen LogP contribution in [-0.2, 0) is 9.84 Å². The van der Waals surface area contributed by atoms with Crippen molar-refractivity contribution < 1.29 is 18.3 Å². The van der Waals surface area contributed by atoms with Crippen LogP contribution in [0.25, 0.3) is 0 Å². The van der Waals surface area contributed by atoms with Crippen molar-refractivity contribution in [3.05, 3.63) is 23.8 Å². The summed E-state index contributed by atoms with van der Waals surface area (Å²) in [6.45, 7) is 1.68. The number of nitrogens with two attached hydrogens (primary N) is 1. The molecule has 0 fully saturated rings. The van der Waals surface area contributed by atoms with Crippen LogP contribution in [0, 0.1) is 0 Å². The second kappa shape index (κ2) is 6.67. The number of rotatable bonds is 6. The molecule has 6 nitrogen and oxygen atoms in total. The van der Waals surface area contributed by atoms with Gasteiger partial charge in [-0.25, -0.2) is 8.42 Å². The number of hydrogen-bond donors (Lipinski definition) is 3. The molecule has 0 saturated carbocycles. The molecule has 0 radical (unpaired) electrons. The molecule has 0 aromatic heterocycles. The van der Waals surface area contributed by atoms with Crippen molar-refractivity contribution in [3.63, 3.8) is 0 Å². The number of aliphatic hydroxyl groups is 1. The van der Waals surface area contributed by atoms with E-state index in [1.54, 1.807) is 6.92 Å². The van der Waals surface area contributed by atoms with E-state index in [0.29, 0.717) is 5.75 Å². The van der Waals surface area contributed by atoms with Crippen LogP contribution in [0.4, 0.5) is 5.69 Å². The first-order valence-corrected chi connectivity index (χ1v) is 9.44. The van der Waals surface area contributed by atoms with Gasteiger partial charge in [0, 0.05) is 29.8 Å². The summed E-state index contributed by atoms with van der Waals surface area (Å²) < 4.78 is 23.1. The van der Waals surface area contributed by atoms with Gasteiger partial charge in [0.05, 0.1) is 10.5 Å². The minimum Gasteiger partial charge on any atom is -0.399 e. The molecule has 118 valence electrons. The quantitative estimate of drug-likeness (QED) is 0.655. The predicted molar refractivity (Wildman–Crippen MR) is 85.3 cm³/mol. The summed E-state index contributed by atoms with van der Waals surface area (Å²) in [6, 6.07) is 3.97. The molecular formula is C13H20N2O4S2. The van der Waals surface area contributed by atoms with Crippen molar-refractivity contribution in [1.29, 1.82) is 0 Å². The Hall–Kier alpha value is -1.25. The van der Waals surface area contributed by atoms with Crippen molar-refractivity contribution in [3.8, 4) is 0 Å². The van der Waals surface area contributed by atoms with Gasteiger partial charge in [-0.2, -0.15) is 11.8 Å². The second-order valence-electron chi connectivity index (χ2n) is 5.18. The second-order valence-corrected chi connectivity index (χ2v) is 8.06. The minimum absolute atomic E-state index is 0.0106. The molecule has 0 aliphatic heterocycles. The SMILES string of the molecule is CSCC(C)(O)CNC(=O)c1cc(N)cc(S(C)(=O)=O)c1. The zero-order valence-electron chi connectivity index (χ0n) is 12.2. The van der Waals surface area contributed by atoms with Crippen molar-refractivity contribution in [2.45, 2.75) is 17.4 Å². The van der Waals surface area contributed by atoms with Gasteiger partial charge in [-0.1, -0.05) is 0 Å². The lowest BCUT2D eigenvalue weighted by atomic mass is 10.1. The molecular weight excluding hydrogens is 312 g/mol. The summed E-state index contributed by atoms with van der Waals surface area (Å²) >= 11 is 1.46. The van der Waals surface area contributed by atoms with Crippen molar-refractivity contribution in [2.24, 2.45) is 0 Å². The van der Waals surface area contributed by atoms with Crippen LogP contribution < -0.4 is 11.1 Å². The van der Waals surface area contributed by atoms with Crippen LogP contribution in [0.5, 0.6) is 0 Å². The number of hydrogen-bond acceptors (Lipinski definition) is 6. The van der Waals surface area contributed by atoms with E-state index in [-0.39, 0.29) is 22.7 Å². The first kappa shape index (κ1) is 17.8. The molecule has 0 aliphatic carbocycles. The summed E-state index contributed by atoms with van der Waals surface area (Å²) in [7, 11) is -3.45. The molecule has 0 heterocycles. The maximum absolute atomic E-state index is 12.0. The average molecular weight is 332 g/mol. The Bertz CT molecular complexity index is 627. The van der Waals surface area contributed by atoms with Gasteiger partial charge in [0.2, 0.25) is 0 Å². The van der Waals surface area contributed by atoms with Gasteiger partial charge in [-0.15, -0.1) is 0 Å². The standard InChI is InChI=1S/C13H20N2O4S2/c1-13(17,8-20-2)7-15-12(16)9-4-10(14)6-11(5-9)21(3,18)19/h4-6,17H,7-8,14H2,1-3H3,(H,15,16). The lowest BCUT2D eigenvalue weighted by molar-refractivity contribution is 0.0725. The van der Waals surface area contributed by atoms with Gasteiger partial charge in [0.25, 0.3) is 5.91 Å². The lowest BCUT2D eigenvalue weighted by Gasteiger charge is -2.22. The molecule has 8 heteroatoms. The van der Waals surface area contributed by atoms with E-state index < -0.39 is 21.3 Å². The zero-order valence-corrected chi connectivity index (χ0v) is 13.8. The molecule has 1 amide bonds. The first-order chi connectivity index (χ1) is 9.55. The number of nitrogen functional groups attached to an aromatic ring is 1. The molecule has 4 N–H and O–H groups in total. The van der Waals surface area contributed by atoms with Gasteiger partial charge in [-0.05, 0) is 31.4 Å². The number of nitrogens with one attached hydrogen (secondary N) is 1. The molecule has 1 aromatic carbocycles. The van der Waals surface area contributed by atoms with Crippen LogP contribution in [0.15, 0.2) is 23.1 Å². The zero-order chi connectivity index (χ0) is 16.3. The maximum Gasteiger partial charge on any atom is 0.251 e. The van der Waals surface area contributed by atoms with Crippen molar-refractivity contribution in [2.75, 3.05) is 30.5 Å². The van der Waals surface area contributed by atoms with Crippen molar-refractivity contribution in [1.82, 2.24) is 5.32 Å². The smallest absolute Gasteiger partial charge is 0.251 e. The minimum atomic E-state index is -3.45. The highest BCUT2D eigenvalue weighted by molar-refractivity contribution is 7.98. The normalized spacial score (nSPS) is 14.5. The fourth-order valence-corrected chi connectivity index (χ4v) is 3.12. The van der Waals surface area contributed by atoms with E-state index in [2.05, 4.69) is 5.32 Å². The fraction of sp³-hybridized carbons (Fsp3) is 0.462. The highest BCUT2D eigenvalue weighted by Gasteiger charge is 2.21. The van der Waals surface area contributed by atoms with Crippen LogP contribution in [0.1, 0.15) is 17.3 Å². The summed E-state index contributed by atoms with van der Waals surface area (Å²) in [5.41, 5.74) is 4.94. The number of carbonyl (C=O) groups is 1. The number of benzene rings is 1. The van der Waals surface area contributed by atoms with Crippen LogP contribution in [-0.4, -0.2) is 49.8 Å². The Labute approximate surface area is 129 Å². The van der Waals surface area contributed by atoms with Crippen LogP contribution >= 0.6 is 11.8 Å². The van der Waals surface area contributed by atoms with Crippen LogP contribution in [0.2, 0.25) is 0 Å². The van der Waals surface area contributed by atoms with E-state index in [0.717, 1.165) is 6.26 Å². The Morgan fingerprint density at radius 3 is 2.57 bits per heavy atom. The number of amides is 1.